The predicted molar refractivity (Wildman–Crippen MR) is 68.5 cm³/mol. The molecule has 0 fully saturated rings. The highest BCUT2D eigenvalue weighted by Gasteiger charge is 2.15. The van der Waals surface area contributed by atoms with Gasteiger partial charge in [-0.1, -0.05) is 6.07 Å². The molecule has 5 nitrogen and oxygen atoms in total. The van der Waals surface area contributed by atoms with Crippen molar-refractivity contribution in [2.45, 2.75) is 39.8 Å². The van der Waals surface area contributed by atoms with E-state index in [0.717, 1.165) is 5.56 Å². The van der Waals surface area contributed by atoms with E-state index in [4.69, 9.17) is 9.47 Å². The molecule has 1 aromatic rings. The number of carbonyl (C=O) groups excluding carboxylic acids is 1. The molecule has 5 heteroatoms. The molecule has 100 valence electrons. The summed E-state index contributed by atoms with van der Waals surface area (Å²) in [5, 5.41) is 2.66. The highest BCUT2D eigenvalue weighted by Crippen LogP contribution is 2.09. The number of hydrogen-bond donors (Lipinski definition) is 1. The van der Waals surface area contributed by atoms with Crippen molar-refractivity contribution >= 4 is 6.09 Å². The van der Waals surface area contributed by atoms with Crippen LogP contribution >= 0.6 is 0 Å². The van der Waals surface area contributed by atoms with Gasteiger partial charge < -0.3 is 14.8 Å². The summed E-state index contributed by atoms with van der Waals surface area (Å²) < 4.78 is 10.4. The van der Waals surface area contributed by atoms with Crippen molar-refractivity contribution in [3.8, 4) is 5.88 Å². The van der Waals surface area contributed by atoms with Gasteiger partial charge in [0.1, 0.15) is 5.60 Å². The van der Waals surface area contributed by atoms with E-state index in [-0.39, 0.29) is 0 Å². The standard InChI is InChI=1S/C13H20N2O3/c1-5-17-11-7-6-10(8-14-11)9-15-12(16)18-13(2,3)4/h6-8H,5,9H2,1-4H3,(H,15,16). The molecule has 1 amide bonds. The molecule has 0 aliphatic rings. The first kappa shape index (κ1) is 14.3. The van der Waals surface area contributed by atoms with E-state index in [1.54, 1.807) is 12.3 Å². The van der Waals surface area contributed by atoms with Gasteiger partial charge in [0.05, 0.1) is 6.61 Å². The van der Waals surface area contributed by atoms with Crippen molar-refractivity contribution < 1.29 is 14.3 Å². The first-order valence-electron chi connectivity index (χ1n) is 5.95. The molecule has 0 aliphatic carbocycles. The number of ether oxygens (including phenoxy) is 2. The molecule has 0 bridgehead atoms. The second-order valence-electron chi connectivity index (χ2n) is 4.79. The highest BCUT2D eigenvalue weighted by molar-refractivity contribution is 5.67. The number of nitrogens with zero attached hydrogens (tertiary/aromatic N) is 1. The number of nitrogens with one attached hydrogen (secondary N) is 1. The van der Waals surface area contributed by atoms with Crippen LogP contribution in [0.4, 0.5) is 4.79 Å². The highest BCUT2D eigenvalue weighted by atomic mass is 16.6. The molecular weight excluding hydrogens is 232 g/mol. The fraction of sp³-hybridized carbons (Fsp3) is 0.538. The maximum atomic E-state index is 11.4. The Morgan fingerprint density at radius 1 is 1.39 bits per heavy atom. The molecule has 0 atom stereocenters. The first-order chi connectivity index (χ1) is 8.40. The Labute approximate surface area is 108 Å². The lowest BCUT2D eigenvalue weighted by Gasteiger charge is -2.19. The lowest BCUT2D eigenvalue weighted by atomic mass is 10.2. The van der Waals surface area contributed by atoms with Crippen molar-refractivity contribution in [1.82, 2.24) is 10.3 Å². The molecule has 0 saturated heterocycles. The molecule has 0 saturated carbocycles. The topological polar surface area (TPSA) is 60.5 Å². The van der Waals surface area contributed by atoms with Crippen LogP contribution in [0.3, 0.4) is 0 Å². The second-order valence-corrected chi connectivity index (χ2v) is 4.79. The van der Waals surface area contributed by atoms with Crippen LogP contribution in [0.15, 0.2) is 18.3 Å². The number of hydrogen-bond acceptors (Lipinski definition) is 4. The summed E-state index contributed by atoms with van der Waals surface area (Å²) in [7, 11) is 0. The zero-order valence-corrected chi connectivity index (χ0v) is 11.3. The van der Waals surface area contributed by atoms with Gasteiger partial charge >= 0.3 is 6.09 Å². The van der Waals surface area contributed by atoms with E-state index in [1.807, 2.05) is 33.8 Å². The Bertz CT molecular complexity index is 382. The lowest BCUT2D eigenvalue weighted by Crippen LogP contribution is -2.32. The normalized spacial score (nSPS) is 10.9. The maximum Gasteiger partial charge on any atom is 0.407 e. The van der Waals surface area contributed by atoms with Crippen LogP contribution < -0.4 is 10.1 Å². The summed E-state index contributed by atoms with van der Waals surface area (Å²) >= 11 is 0. The fourth-order valence-corrected chi connectivity index (χ4v) is 1.24. The number of amides is 1. The summed E-state index contributed by atoms with van der Waals surface area (Å²) in [6, 6.07) is 3.63. The third-order valence-corrected chi connectivity index (χ3v) is 1.93. The van der Waals surface area contributed by atoms with Crippen LogP contribution in [-0.4, -0.2) is 23.3 Å². The molecule has 0 aliphatic heterocycles. The van der Waals surface area contributed by atoms with E-state index in [0.29, 0.717) is 19.0 Å². The fourth-order valence-electron chi connectivity index (χ4n) is 1.24. The number of pyridine rings is 1. The van der Waals surface area contributed by atoms with Gasteiger partial charge in [-0.05, 0) is 33.3 Å². The monoisotopic (exact) mass is 252 g/mol. The Kier molecular flexibility index (Phi) is 4.95. The summed E-state index contributed by atoms with van der Waals surface area (Å²) in [4.78, 5) is 15.5. The minimum absolute atomic E-state index is 0.383. The van der Waals surface area contributed by atoms with Gasteiger partial charge in [0.2, 0.25) is 5.88 Å². The van der Waals surface area contributed by atoms with Crippen LogP contribution in [0, 0.1) is 0 Å². The van der Waals surface area contributed by atoms with Crippen LogP contribution in [0.1, 0.15) is 33.3 Å². The lowest BCUT2D eigenvalue weighted by molar-refractivity contribution is 0.0523. The summed E-state index contributed by atoms with van der Waals surface area (Å²) in [5.41, 5.74) is 0.408. The summed E-state index contributed by atoms with van der Waals surface area (Å²) in [6.07, 6.45) is 1.24. The molecule has 0 spiro atoms. The number of rotatable bonds is 4. The van der Waals surface area contributed by atoms with Crippen LogP contribution in [0.2, 0.25) is 0 Å². The molecule has 0 unspecified atom stereocenters. The molecular formula is C13H20N2O3. The predicted octanol–water partition coefficient (Wildman–Crippen LogP) is 2.51. The van der Waals surface area contributed by atoms with Crippen LogP contribution in [0.25, 0.3) is 0 Å². The number of carbonyl (C=O) groups is 1. The second kappa shape index (κ2) is 6.23. The minimum atomic E-state index is -0.485. The van der Waals surface area contributed by atoms with E-state index in [9.17, 15) is 4.79 Å². The third-order valence-electron chi connectivity index (χ3n) is 1.93. The van der Waals surface area contributed by atoms with E-state index >= 15 is 0 Å². The van der Waals surface area contributed by atoms with Gasteiger partial charge in [0.25, 0.3) is 0 Å². The van der Waals surface area contributed by atoms with Crippen molar-refractivity contribution in [3.05, 3.63) is 23.9 Å². The SMILES string of the molecule is CCOc1ccc(CNC(=O)OC(C)(C)C)cn1. The molecule has 1 aromatic heterocycles. The Morgan fingerprint density at radius 3 is 2.61 bits per heavy atom. The molecule has 1 heterocycles. The van der Waals surface area contributed by atoms with E-state index < -0.39 is 11.7 Å². The zero-order chi connectivity index (χ0) is 13.6. The van der Waals surface area contributed by atoms with Crippen molar-refractivity contribution in [2.24, 2.45) is 0 Å². The quantitative estimate of drug-likeness (QED) is 0.894. The van der Waals surface area contributed by atoms with E-state index in [1.165, 1.54) is 0 Å². The molecule has 0 aromatic carbocycles. The summed E-state index contributed by atoms with van der Waals surface area (Å²) in [6.45, 7) is 8.34. The van der Waals surface area contributed by atoms with Gasteiger partial charge in [-0.15, -0.1) is 0 Å². The molecule has 18 heavy (non-hydrogen) atoms. The van der Waals surface area contributed by atoms with Gasteiger partial charge in [0.15, 0.2) is 0 Å². The average molecular weight is 252 g/mol. The van der Waals surface area contributed by atoms with Crippen molar-refractivity contribution in [2.75, 3.05) is 6.61 Å². The van der Waals surface area contributed by atoms with Crippen molar-refractivity contribution in [1.29, 1.82) is 0 Å². The summed E-state index contributed by atoms with van der Waals surface area (Å²) in [5.74, 6) is 0.582. The van der Waals surface area contributed by atoms with Crippen molar-refractivity contribution in [3.63, 3.8) is 0 Å². The first-order valence-corrected chi connectivity index (χ1v) is 5.95. The smallest absolute Gasteiger partial charge is 0.407 e. The number of alkyl carbamates (subject to hydrolysis) is 1. The van der Waals surface area contributed by atoms with Gasteiger partial charge in [-0.3, -0.25) is 0 Å². The minimum Gasteiger partial charge on any atom is -0.478 e. The molecule has 1 N–H and O–H groups in total. The number of aromatic nitrogens is 1. The Morgan fingerprint density at radius 2 is 2.11 bits per heavy atom. The average Bonchev–Trinajstić information content (AvgIpc) is 2.26. The van der Waals surface area contributed by atoms with Gasteiger partial charge in [0, 0.05) is 18.8 Å². The van der Waals surface area contributed by atoms with Gasteiger partial charge in [-0.2, -0.15) is 0 Å². The van der Waals surface area contributed by atoms with Gasteiger partial charge in [-0.25, -0.2) is 9.78 Å². The van der Waals surface area contributed by atoms with Crippen LogP contribution in [-0.2, 0) is 11.3 Å². The maximum absolute atomic E-state index is 11.4. The van der Waals surface area contributed by atoms with E-state index in [2.05, 4.69) is 10.3 Å². The molecule has 1 rings (SSSR count). The molecule has 0 radical (unpaired) electrons. The van der Waals surface area contributed by atoms with Crippen LogP contribution in [0.5, 0.6) is 5.88 Å². The Balaban J connectivity index is 2.41. The zero-order valence-electron chi connectivity index (χ0n) is 11.3. The largest absolute Gasteiger partial charge is 0.478 e. The Hall–Kier alpha value is -1.78. The third kappa shape index (κ3) is 5.52.